The van der Waals surface area contributed by atoms with E-state index < -0.39 is 19.7 Å². The van der Waals surface area contributed by atoms with Crippen LogP contribution in [0.4, 0.5) is 5.69 Å². The van der Waals surface area contributed by atoms with Crippen LogP contribution < -0.4 is 4.90 Å². The van der Waals surface area contributed by atoms with Crippen molar-refractivity contribution in [2.75, 3.05) is 17.8 Å². The molecule has 3 aromatic carbocycles. The van der Waals surface area contributed by atoms with E-state index in [4.69, 9.17) is 0 Å². The lowest BCUT2D eigenvalue weighted by Gasteiger charge is -2.19. The Hall–Kier alpha value is -2.64. The molecule has 0 saturated carbocycles. The van der Waals surface area contributed by atoms with E-state index >= 15 is 0 Å². The van der Waals surface area contributed by atoms with E-state index in [1.54, 1.807) is 84.7 Å². The van der Waals surface area contributed by atoms with Gasteiger partial charge in [-0.15, -0.1) is 0 Å². The zero-order valence-electron chi connectivity index (χ0n) is 17.2. The SMILES string of the molecule is Cc1ccc(S(=O)(=O)Cc2ccc(N(C)CS(=O)(=O)c3ccc(C)cc3)cc2)cc1. The summed E-state index contributed by atoms with van der Waals surface area (Å²) in [6.07, 6.45) is 0. The maximum absolute atomic E-state index is 12.6. The summed E-state index contributed by atoms with van der Waals surface area (Å²) in [6.45, 7) is 3.81. The van der Waals surface area contributed by atoms with Crippen molar-refractivity contribution < 1.29 is 16.8 Å². The first-order valence-electron chi connectivity index (χ1n) is 9.46. The van der Waals surface area contributed by atoms with E-state index in [0.29, 0.717) is 16.1 Å². The minimum absolute atomic E-state index is 0.109. The van der Waals surface area contributed by atoms with Gasteiger partial charge in [0.25, 0.3) is 0 Å². The second-order valence-corrected chi connectivity index (χ2v) is 11.4. The van der Waals surface area contributed by atoms with Crippen LogP contribution in [0, 0.1) is 13.8 Å². The number of anilines is 1. The lowest BCUT2D eigenvalue weighted by Crippen LogP contribution is -2.25. The van der Waals surface area contributed by atoms with Crippen LogP contribution in [0.1, 0.15) is 16.7 Å². The van der Waals surface area contributed by atoms with E-state index in [0.717, 1.165) is 11.1 Å². The van der Waals surface area contributed by atoms with Gasteiger partial charge in [0.05, 0.1) is 15.5 Å². The molecule has 158 valence electrons. The van der Waals surface area contributed by atoms with Gasteiger partial charge in [-0.25, -0.2) is 16.8 Å². The average Bonchev–Trinajstić information content (AvgIpc) is 2.68. The summed E-state index contributed by atoms with van der Waals surface area (Å²) in [5.41, 5.74) is 3.34. The quantitative estimate of drug-likeness (QED) is 0.549. The van der Waals surface area contributed by atoms with Crippen LogP contribution in [0.25, 0.3) is 0 Å². The Balaban J connectivity index is 1.71. The highest BCUT2D eigenvalue weighted by Crippen LogP contribution is 2.21. The highest BCUT2D eigenvalue weighted by Gasteiger charge is 2.18. The molecular formula is C23H25NO4S2. The van der Waals surface area contributed by atoms with Gasteiger partial charge in [0.1, 0.15) is 5.88 Å². The molecule has 0 unspecified atom stereocenters. The Morgan fingerprint density at radius 3 is 1.53 bits per heavy atom. The van der Waals surface area contributed by atoms with Gasteiger partial charge in [-0.2, -0.15) is 0 Å². The Labute approximate surface area is 178 Å². The predicted octanol–water partition coefficient (Wildman–Crippen LogP) is 4.14. The monoisotopic (exact) mass is 443 g/mol. The molecule has 0 aromatic heterocycles. The molecule has 0 atom stereocenters. The van der Waals surface area contributed by atoms with Crippen LogP contribution in [-0.2, 0) is 25.4 Å². The van der Waals surface area contributed by atoms with Crippen LogP contribution in [0.3, 0.4) is 0 Å². The smallest absolute Gasteiger partial charge is 0.196 e. The molecule has 3 aromatic rings. The molecule has 0 saturated heterocycles. The van der Waals surface area contributed by atoms with Crippen LogP contribution in [0.5, 0.6) is 0 Å². The molecular weight excluding hydrogens is 418 g/mol. The van der Waals surface area contributed by atoms with Gasteiger partial charge >= 0.3 is 0 Å². The third kappa shape index (κ3) is 5.29. The van der Waals surface area contributed by atoms with Gasteiger partial charge in [-0.1, -0.05) is 47.5 Å². The van der Waals surface area contributed by atoms with Crippen LogP contribution >= 0.6 is 0 Å². The third-order valence-corrected chi connectivity index (χ3v) is 8.28. The molecule has 0 aliphatic rings. The van der Waals surface area contributed by atoms with E-state index in [1.807, 2.05) is 13.8 Å². The van der Waals surface area contributed by atoms with Crippen molar-refractivity contribution in [1.29, 1.82) is 0 Å². The minimum atomic E-state index is -3.47. The summed E-state index contributed by atoms with van der Waals surface area (Å²) in [6, 6.07) is 20.5. The lowest BCUT2D eigenvalue weighted by atomic mass is 10.2. The maximum atomic E-state index is 12.6. The zero-order chi connectivity index (χ0) is 21.9. The zero-order valence-corrected chi connectivity index (χ0v) is 18.9. The van der Waals surface area contributed by atoms with E-state index in [2.05, 4.69) is 0 Å². The fourth-order valence-electron chi connectivity index (χ4n) is 3.04. The summed E-state index contributed by atoms with van der Waals surface area (Å²) in [7, 11) is -5.22. The van der Waals surface area contributed by atoms with Gasteiger partial charge in [-0.05, 0) is 55.8 Å². The normalized spacial score (nSPS) is 12.0. The van der Waals surface area contributed by atoms with E-state index in [-0.39, 0.29) is 16.5 Å². The third-order valence-electron chi connectivity index (χ3n) is 4.86. The molecule has 0 aliphatic heterocycles. The van der Waals surface area contributed by atoms with E-state index in [9.17, 15) is 16.8 Å². The van der Waals surface area contributed by atoms with Gasteiger partial charge < -0.3 is 4.90 Å². The molecule has 0 aliphatic carbocycles. The number of sulfone groups is 2. The molecule has 5 nitrogen and oxygen atoms in total. The Bertz CT molecular complexity index is 1210. The fourth-order valence-corrected chi connectivity index (χ4v) is 5.75. The summed E-state index contributed by atoms with van der Waals surface area (Å²) >= 11 is 0. The van der Waals surface area contributed by atoms with Crippen molar-refractivity contribution in [3.05, 3.63) is 89.5 Å². The van der Waals surface area contributed by atoms with Gasteiger partial charge in [0.15, 0.2) is 19.7 Å². The summed E-state index contributed by atoms with van der Waals surface area (Å²) in [5.74, 6) is -0.279. The molecule has 0 bridgehead atoms. The van der Waals surface area contributed by atoms with Gasteiger partial charge in [0, 0.05) is 12.7 Å². The number of aryl methyl sites for hydroxylation is 2. The fraction of sp³-hybridized carbons (Fsp3) is 0.217. The number of hydrogen-bond donors (Lipinski definition) is 0. The van der Waals surface area contributed by atoms with Crippen LogP contribution in [-0.4, -0.2) is 29.8 Å². The molecule has 0 fully saturated rings. The topological polar surface area (TPSA) is 71.5 Å². The number of hydrogen-bond acceptors (Lipinski definition) is 5. The second-order valence-electron chi connectivity index (χ2n) is 7.49. The Morgan fingerprint density at radius 2 is 1.07 bits per heavy atom. The first kappa shape index (κ1) is 22.1. The van der Waals surface area contributed by atoms with Crippen molar-refractivity contribution in [2.45, 2.75) is 29.4 Å². The number of benzene rings is 3. The van der Waals surface area contributed by atoms with Crippen molar-refractivity contribution in [2.24, 2.45) is 0 Å². The van der Waals surface area contributed by atoms with Gasteiger partial charge in [-0.3, -0.25) is 0 Å². The molecule has 3 rings (SSSR count). The number of rotatable bonds is 7. The standard InChI is InChI=1S/C23H25NO4S2/c1-18-4-12-22(13-5-18)29(25,26)16-20-8-10-21(11-9-20)24(3)17-30(27,28)23-14-6-19(2)7-15-23/h4-15H,16-17H2,1-3H3. The molecule has 0 heterocycles. The molecule has 0 radical (unpaired) electrons. The van der Waals surface area contributed by atoms with Crippen LogP contribution in [0.2, 0.25) is 0 Å². The maximum Gasteiger partial charge on any atom is 0.196 e. The highest BCUT2D eigenvalue weighted by atomic mass is 32.2. The average molecular weight is 444 g/mol. The largest absolute Gasteiger partial charge is 0.360 e. The summed E-state index contributed by atoms with van der Waals surface area (Å²) in [5, 5.41) is 0. The highest BCUT2D eigenvalue weighted by molar-refractivity contribution is 7.91. The predicted molar refractivity (Wildman–Crippen MR) is 120 cm³/mol. The molecule has 7 heteroatoms. The summed E-state index contributed by atoms with van der Waals surface area (Å²) < 4.78 is 50.5. The first-order valence-corrected chi connectivity index (χ1v) is 12.8. The van der Waals surface area contributed by atoms with E-state index in [1.165, 1.54) is 0 Å². The Morgan fingerprint density at radius 1 is 0.633 bits per heavy atom. The van der Waals surface area contributed by atoms with Crippen molar-refractivity contribution in [3.63, 3.8) is 0 Å². The molecule has 0 N–H and O–H groups in total. The van der Waals surface area contributed by atoms with Crippen molar-refractivity contribution in [1.82, 2.24) is 0 Å². The number of nitrogens with zero attached hydrogens (tertiary/aromatic N) is 1. The van der Waals surface area contributed by atoms with Gasteiger partial charge in [0.2, 0.25) is 0 Å². The molecule has 30 heavy (non-hydrogen) atoms. The van der Waals surface area contributed by atoms with Crippen molar-refractivity contribution >= 4 is 25.4 Å². The lowest BCUT2D eigenvalue weighted by molar-refractivity contribution is 0.593. The molecule has 0 spiro atoms. The summed E-state index contributed by atoms with van der Waals surface area (Å²) in [4.78, 5) is 2.20. The minimum Gasteiger partial charge on any atom is -0.360 e. The molecule has 0 amide bonds. The first-order chi connectivity index (χ1) is 14.1. The van der Waals surface area contributed by atoms with Crippen LogP contribution in [0.15, 0.2) is 82.6 Å². The second kappa shape index (κ2) is 8.62. The van der Waals surface area contributed by atoms with Crippen molar-refractivity contribution in [3.8, 4) is 0 Å². The Kier molecular flexibility index (Phi) is 6.33.